The molecule has 5 aromatic rings. The Morgan fingerprint density at radius 1 is 1.22 bits per heavy atom. The monoisotopic (exact) mass is 440 g/mol. The minimum Gasteiger partial charge on any atom is -0.361 e. The van der Waals surface area contributed by atoms with Gasteiger partial charge in [-0.15, -0.1) is 11.3 Å². The Morgan fingerprint density at radius 2 is 2.12 bits per heavy atom. The molecule has 0 spiro atoms. The number of pyridine rings is 1. The van der Waals surface area contributed by atoms with Crippen LogP contribution in [0.25, 0.3) is 38.1 Å². The molecular weight excluding hydrogens is 420 g/mol. The predicted octanol–water partition coefficient (Wildman–Crippen LogP) is 5.67. The second-order valence-electron chi connectivity index (χ2n) is 7.96. The van der Waals surface area contributed by atoms with Crippen LogP contribution in [-0.2, 0) is 0 Å². The molecule has 7 heteroatoms. The van der Waals surface area contributed by atoms with E-state index in [1.807, 2.05) is 41.5 Å². The fourth-order valence-electron chi connectivity index (χ4n) is 4.42. The predicted molar refractivity (Wildman–Crippen MR) is 127 cm³/mol. The van der Waals surface area contributed by atoms with Crippen LogP contribution in [-0.4, -0.2) is 39.0 Å². The number of nitrogens with zero attached hydrogens (tertiary/aromatic N) is 3. The molecule has 0 aliphatic carbocycles. The van der Waals surface area contributed by atoms with Crippen LogP contribution in [0.15, 0.2) is 64.6 Å². The molecule has 158 valence electrons. The molecule has 1 N–H and O–H groups in total. The van der Waals surface area contributed by atoms with Crippen molar-refractivity contribution in [2.24, 2.45) is 0 Å². The van der Waals surface area contributed by atoms with E-state index in [1.165, 1.54) is 16.5 Å². The topological polar surface area (TPSA) is 75.0 Å². The normalized spacial score (nSPS) is 14.3. The smallest absolute Gasteiger partial charge is 0.259 e. The van der Waals surface area contributed by atoms with Gasteiger partial charge in [-0.3, -0.25) is 4.79 Å². The molecule has 0 atom stereocenters. The second-order valence-corrected chi connectivity index (χ2v) is 8.91. The Balaban J connectivity index is 1.34. The van der Waals surface area contributed by atoms with Crippen LogP contribution in [0.5, 0.6) is 0 Å². The average Bonchev–Trinajstić information content (AvgIpc) is 3.58. The number of nitrogens with one attached hydrogen (secondary N) is 1. The van der Waals surface area contributed by atoms with Crippen molar-refractivity contribution in [3.05, 3.63) is 76.9 Å². The first-order valence-corrected chi connectivity index (χ1v) is 11.4. The fraction of sp³-hybridized carbons (Fsp3) is 0.160. The molecule has 0 radical (unpaired) electrons. The van der Waals surface area contributed by atoms with Crippen molar-refractivity contribution >= 4 is 44.8 Å². The van der Waals surface area contributed by atoms with Gasteiger partial charge in [0.2, 0.25) is 0 Å². The van der Waals surface area contributed by atoms with Gasteiger partial charge in [0, 0.05) is 35.8 Å². The van der Waals surface area contributed by atoms with E-state index in [-0.39, 0.29) is 5.91 Å². The van der Waals surface area contributed by atoms with Crippen LogP contribution >= 0.6 is 11.3 Å². The summed E-state index contributed by atoms with van der Waals surface area (Å²) in [5, 5.41) is 7.97. The van der Waals surface area contributed by atoms with Crippen LogP contribution < -0.4 is 0 Å². The quantitative estimate of drug-likeness (QED) is 0.392. The van der Waals surface area contributed by atoms with Gasteiger partial charge < -0.3 is 14.4 Å². The number of carbonyl (C=O) groups excluding carboxylic acids is 1. The van der Waals surface area contributed by atoms with E-state index >= 15 is 0 Å². The number of benzene rings is 1. The van der Waals surface area contributed by atoms with Gasteiger partial charge in [-0.05, 0) is 42.5 Å². The SMILES string of the molecule is Cc1noc2nc(-c3cccs3)cc(C(=O)N3CC=C(c4c[nH]c5ccccc45)CC3)c12. The van der Waals surface area contributed by atoms with Crippen LogP contribution in [0.2, 0.25) is 0 Å². The number of aromatic amines is 1. The van der Waals surface area contributed by atoms with E-state index < -0.39 is 0 Å². The Morgan fingerprint density at radius 3 is 2.94 bits per heavy atom. The average molecular weight is 441 g/mol. The molecule has 0 saturated heterocycles. The van der Waals surface area contributed by atoms with Crippen LogP contribution in [0.4, 0.5) is 0 Å². The number of para-hydroxylation sites is 1. The first kappa shape index (κ1) is 19.0. The third-order valence-corrected chi connectivity index (χ3v) is 6.95. The van der Waals surface area contributed by atoms with Crippen molar-refractivity contribution < 1.29 is 9.32 Å². The number of hydrogen-bond donors (Lipinski definition) is 1. The summed E-state index contributed by atoms with van der Waals surface area (Å²) in [6.45, 7) is 3.07. The minimum atomic E-state index is -0.0178. The summed E-state index contributed by atoms with van der Waals surface area (Å²) in [5.41, 5.74) is 6.04. The van der Waals surface area contributed by atoms with Gasteiger partial charge in [-0.1, -0.05) is 35.5 Å². The number of aryl methyl sites for hydroxylation is 1. The standard InChI is InChI=1S/C25H20N4O2S/c1-15-23-18(13-21(22-7-4-12-32-22)27-24(23)31-28-15)25(30)29-10-8-16(9-11-29)19-14-26-20-6-3-2-5-17(19)20/h2-8,12-14,26H,9-11H2,1H3. The van der Waals surface area contributed by atoms with Crippen LogP contribution in [0.1, 0.15) is 28.0 Å². The first-order valence-electron chi connectivity index (χ1n) is 10.5. The maximum Gasteiger partial charge on any atom is 0.259 e. The van der Waals surface area contributed by atoms with E-state index in [2.05, 4.69) is 45.6 Å². The summed E-state index contributed by atoms with van der Waals surface area (Å²) in [7, 11) is 0. The molecule has 32 heavy (non-hydrogen) atoms. The van der Waals surface area contributed by atoms with Gasteiger partial charge in [0.1, 0.15) is 0 Å². The van der Waals surface area contributed by atoms with Crippen molar-refractivity contribution in [2.45, 2.75) is 13.3 Å². The molecule has 5 heterocycles. The molecule has 1 aliphatic heterocycles. The van der Waals surface area contributed by atoms with E-state index in [9.17, 15) is 4.79 Å². The molecule has 0 fully saturated rings. The highest BCUT2D eigenvalue weighted by molar-refractivity contribution is 7.13. The first-order chi connectivity index (χ1) is 15.7. The summed E-state index contributed by atoms with van der Waals surface area (Å²) in [4.78, 5) is 24.4. The zero-order chi connectivity index (χ0) is 21.7. The number of hydrogen-bond acceptors (Lipinski definition) is 5. The number of fused-ring (bicyclic) bond motifs is 2. The number of rotatable bonds is 3. The lowest BCUT2D eigenvalue weighted by Crippen LogP contribution is -2.34. The number of H-pyrrole nitrogens is 1. The maximum absolute atomic E-state index is 13.6. The summed E-state index contributed by atoms with van der Waals surface area (Å²) >= 11 is 1.59. The van der Waals surface area contributed by atoms with Gasteiger partial charge >= 0.3 is 0 Å². The molecule has 4 aromatic heterocycles. The highest BCUT2D eigenvalue weighted by Crippen LogP contribution is 2.32. The van der Waals surface area contributed by atoms with Crippen molar-refractivity contribution in [1.29, 1.82) is 0 Å². The summed E-state index contributed by atoms with van der Waals surface area (Å²) in [6, 6.07) is 14.1. The van der Waals surface area contributed by atoms with Gasteiger partial charge in [0.05, 0.1) is 27.2 Å². The number of carbonyl (C=O) groups is 1. The van der Waals surface area contributed by atoms with Gasteiger partial charge in [-0.25, -0.2) is 4.98 Å². The van der Waals surface area contributed by atoms with Crippen molar-refractivity contribution in [3.8, 4) is 10.6 Å². The third kappa shape index (κ3) is 3.05. The maximum atomic E-state index is 13.6. The molecular formula is C25H20N4O2S. The molecule has 6 nitrogen and oxygen atoms in total. The Bertz CT molecular complexity index is 1490. The third-order valence-electron chi connectivity index (χ3n) is 6.05. The van der Waals surface area contributed by atoms with Crippen molar-refractivity contribution in [2.75, 3.05) is 13.1 Å². The highest BCUT2D eigenvalue weighted by Gasteiger charge is 2.25. The molecule has 1 aromatic carbocycles. The zero-order valence-corrected chi connectivity index (χ0v) is 18.3. The van der Waals surface area contributed by atoms with E-state index in [4.69, 9.17) is 4.52 Å². The van der Waals surface area contributed by atoms with Crippen molar-refractivity contribution in [3.63, 3.8) is 0 Å². The Hall–Kier alpha value is -3.71. The van der Waals surface area contributed by atoms with E-state index in [0.717, 1.165) is 22.5 Å². The Labute approximate surface area is 188 Å². The summed E-state index contributed by atoms with van der Waals surface area (Å²) < 4.78 is 5.43. The largest absolute Gasteiger partial charge is 0.361 e. The Kier molecular flexibility index (Phi) is 4.43. The minimum absolute atomic E-state index is 0.0178. The number of amides is 1. The lowest BCUT2D eigenvalue weighted by atomic mass is 9.98. The van der Waals surface area contributed by atoms with Crippen LogP contribution in [0, 0.1) is 6.92 Å². The molecule has 1 amide bonds. The van der Waals surface area contributed by atoms with Crippen LogP contribution in [0.3, 0.4) is 0 Å². The fourth-order valence-corrected chi connectivity index (χ4v) is 5.11. The molecule has 0 saturated carbocycles. The highest BCUT2D eigenvalue weighted by atomic mass is 32.1. The second kappa shape index (κ2) is 7.46. The van der Waals surface area contributed by atoms with Gasteiger partial charge in [0.15, 0.2) is 0 Å². The van der Waals surface area contributed by atoms with E-state index in [1.54, 1.807) is 11.3 Å². The lowest BCUT2D eigenvalue weighted by Gasteiger charge is -2.27. The zero-order valence-electron chi connectivity index (χ0n) is 17.5. The number of aromatic nitrogens is 3. The molecule has 6 rings (SSSR count). The van der Waals surface area contributed by atoms with E-state index in [0.29, 0.717) is 35.4 Å². The van der Waals surface area contributed by atoms with Gasteiger partial charge in [-0.2, -0.15) is 0 Å². The summed E-state index contributed by atoms with van der Waals surface area (Å²) in [6.07, 6.45) is 5.03. The summed E-state index contributed by atoms with van der Waals surface area (Å²) in [5.74, 6) is -0.0178. The van der Waals surface area contributed by atoms with Crippen molar-refractivity contribution in [1.82, 2.24) is 20.0 Å². The lowest BCUT2D eigenvalue weighted by molar-refractivity contribution is 0.0774. The number of thiophene rings is 1. The molecule has 0 unspecified atom stereocenters. The molecule has 1 aliphatic rings. The van der Waals surface area contributed by atoms with Gasteiger partial charge in [0.25, 0.3) is 11.6 Å². The molecule has 0 bridgehead atoms.